The fraction of sp³-hybridized carbons (Fsp3) is 0.933. The Morgan fingerprint density at radius 3 is 2.58 bits per heavy atom. The van der Waals surface area contributed by atoms with E-state index < -0.39 is 0 Å². The third-order valence-electron chi connectivity index (χ3n) is 4.39. The van der Waals surface area contributed by atoms with Crippen LogP contribution >= 0.6 is 0 Å². The number of carbonyl (C=O) groups excluding carboxylic acids is 1. The normalized spacial score (nSPS) is 21.7. The molecule has 1 aliphatic heterocycles. The molecule has 1 N–H and O–H groups in total. The number of ether oxygens (including phenoxy) is 1. The van der Waals surface area contributed by atoms with Gasteiger partial charge in [-0.2, -0.15) is 0 Å². The Balaban J connectivity index is 1.57. The lowest BCUT2D eigenvalue weighted by atomic mass is 10.1. The van der Waals surface area contributed by atoms with Crippen LogP contribution in [0.4, 0.5) is 0 Å². The van der Waals surface area contributed by atoms with Crippen molar-refractivity contribution in [3.63, 3.8) is 0 Å². The van der Waals surface area contributed by atoms with Crippen molar-refractivity contribution < 1.29 is 9.53 Å². The van der Waals surface area contributed by atoms with Gasteiger partial charge in [-0.1, -0.05) is 12.8 Å². The molecule has 2 fully saturated rings. The lowest BCUT2D eigenvalue weighted by Crippen LogP contribution is -2.34. The SMILES string of the molecule is CN(CC1CCCC1)C(=O)CCOC1CCNCC1. The third-order valence-corrected chi connectivity index (χ3v) is 4.39. The highest BCUT2D eigenvalue weighted by Crippen LogP contribution is 2.25. The van der Waals surface area contributed by atoms with Gasteiger partial charge in [-0.05, 0) is 44.7 Å². The van der Waals surface area contributed by atoms with Crippen molar-refractivity contribution in [2.45, 2.75) is 51.0 Å². The fourth-order valence-corrected chi connectivity index (χ4v) is 3.15. The first-order valence-electron chi connectivity index (χ1n) is 7.82. The number of hydrogen-bond donors (Lipinski definition) is 1. The molecule has 0 spiro atoms. The largest absolute Gasteiger partial charge is 0.378 e. The Labute approximate surface area is 116 Å². The van der Waals surface area contributed by atoms with E-state index >= 15 is 0 Å². The molecule has 1 aliphatic carbocycles. The summed E-state index contributed by atoms with van der Waals surface area (Å²) in [5.74, 6) is 0.972. The summed E-state index contributed by atoms with van der Waals surface area (Å²) in [4.78, 5) is 13.9. The van der Waals surface area contributed by atoms with Gasteiger partial charge in [-0.3, -0.25) is 4.79 Å². The molecule has 110 valence electrons. The summed E-state index contributed by atoms with van der Waals surface area (Å²) in [5, 5.41) is 3.32. The number of rotatable bonds is 6. The van der Waals surface area contributed by atoms with E-state index in [1.54, 1.807) is 0 Å². The van der Waals surface area contributed by atoms with Crippen LogP contribution < -0.4 is 5.32 Å². The van der Waals surface area contributed by atoms with Gasteiger partial charge in [0, 0.05) is 13.6 Å². The number of nitrogens with zero attached hydrogens (tertiary/aromatic N) is 1. The van der Waals surface area contributed by atoms with E-state index in [2.05, 4.69) is 5.32 Å². The Morgan fingerprint density at radius 1 is 1.21 bits per heavy atom. The van der Waals surface area contributed by atoms with Crippen molar-refractivity contribution in [3.8, 4) is 0 Å². The zero-order valence-corrected chi connectivity index (χ0v) is 12.2. The van der Waals surface area contributed by atoms with Crippen LogP contribution in [0.3, 0.4) is 0 Å². The highest BCUT2D eigenvalue weighted by atomic mass is 16.5. The quantitative estimate of drug-likeness (QED) is 0.798. The van der Waals surface area contributed by atoms with Crippen molar-refractivity contribution in [3.05, 3.63) is 0 Å². The maximum Gasteiger partial charge on any atom is 0.224 e. The molecule has 0 atom stereocenters. The first-order valence-corrected chi connectivity index (χ1v) is 7.82. The number of nitrogens with one attached hydrogen (secondary N) is 1. The molecular formula is C15H28N2O2. The van der Waals surface area contributed by atoms with E-state index in [4.69, 9.17) is 4.74 Å². The van der Waals surface area contributed by atoms with Crippen LogP contribution in [-0.4, -0.2) is 50.2 Å². The zero-order chi connectivity index (χ0) is 13.5. The predicted molar refractivity (Wildman–Crippen MR) is 76.1 cm³/mol. The molecule has 0 radical (unpaired) electrons. The van der Waals surface area contributed by atoms with Crippen LogP contribution in [-0.2, 0) is 9.53 Å². The maximum atomic E-state index is 12.0. The van der Waals surface area contributed by atoms with Crippen molar-refractivity contribution >= 4 is 5.91 Å². The second-order valence-corrected chi connectivity index (χ2v) is 5.99. The topological polar surface area (TPSA) is 41.6 Å². The van der Waals surface area contributed by atoms with Crippen molar-refractivity contribution in [2.75, 3.05) is 33.3 Å². The summed E-state index contributed by atoms with van der Waals surface area (Å²) in [6.45, 7) is 3.60. The average Bonchev–Trinajstić information content (AvgIpc) is 2.92. The molecule has 19 heavy (non-hydrogen) atoms. The minimum absolute atomic E-state index is 0.237. The van der Waals surface area contributed by atoms with Gasteiger partial charge < -0.3 is 15.0 Å². The second kappa shape index (κ2) is 7.85. The molecule has 1 amide bonds. The molecule has 0 aromatic carbocycles. The Kier molecular flexibility index (Phi) is 6.11. The van der Waals surface area contributed by atoms with Gasteiger partial charge in [-0.15, -0.1) is 0 Å². The van der Waals surface area contributed by atoms with Crippen molar-refractivity contribution in [1.82, 2.24) is 10.2 Å². The fourth-order valence-electron chi connectivity index (χ4n) is 3.15. The number of carbonyl (C=O) groups is 1. The lowest BCUT2D eigenvalue weighted by molar-refractivity contribution is -0.132. The summed E-state index contributed by atoms with van der Waals surface area (Å²) in [6, 6.07) is 0. The van der Waals surface area contributed by atoms with Crippen LogP contribution in [0.1, 0.15) is 44.9 Å². The van der Waals surface area contributed by atoms with Gasteiger partial charge in [0.25, 0.3) is 0 Å². The summed E-state index contributed by atoms with van der Waals surface area (Å²) in [6.07, 6.45) is 8.31. The average molecular weight is 268 g/mol. The maximum absolute atomic E-state index is 12.0. The third kappa shape index (κ3) is 5.11. The summed E-state index contributed by atoms with van der Waals surface area (Å²) in [5.41, 5.74) is 0. The van der Waals surface area contributed by atoms with Crippen LogP contribution in [0.2, 0.25) is 0 Å². The second-order valence-electron chi connectivity index (χ2n) is 5.99. The Hall–Kier alpha value is -0.610. The van der Waals surface area contributed by atoms with Gasteiger partial charge >= 0.3 is 0 Å². The van der Waals surface area contributed by atoms with Gasteiger partial charge in [0.15, 0.2) is 0 Å². The molecule has 2 rings (SSSR count). The van der Waals surface area contributed by atoms with Crippen LogP contribution in [0, 0.1) is 5.92 Å². The lowest BCUT2D eigenvalue weighted by Gasteiger charge is -2.24. The van der Waals surface area contributed by atoms with E-state index in [-0.39, 0.29) is 5.91 Å². The van der Waals surface area contributed by atoms with E-state index in [1.807, 2.05) is 11.9 Å². The van der Waals surface area contributed by atoms with E-state index in [1.165, 1.54) is 25.7 Å². The summed E-state index contributed by atoms with van der Waals surface area (Å²) >= 11 is 0. The van der Waals surface area contributed by atoms with Gasteiger partial charge in [-0.25, -0.2) is 0 Å². The van der Waals surface area contributed by atoms with Crippen molar-refractivity contribution in [2.24, 2.45) is 5.92 Å². The summed E-state index contributed by atoms with van der Waals surface area (Å²) in [7, 11) is 1.94. The Bertz CT molecular complexity index is 271. The monoisotopic (exact) mass is 268 g/mol. The standard InChI is InChI=1S/C15H28N2O2/c1-17(12-13-4-2-3-5-13)15(18)8-11-19-14-6-9-16-10-7-14/h13-14,16H,2-12H2,1H3. The molecule has 2 aliphatic rings. The zero-order valence-electron chi connectivity index (χ0n) is 12.2. The van der Waals surface area contributed by atoms with Gasteiger partial charge in [0.1, 0.15) is 0 Å². The molecule has 0 aromatic heterocycles. The molecular weight excluding hydrogens is 240 g/mol. The minimum Gasteiger partial charge on any atom is -0.378 e. The molecule has 1 saturated heterocycles. The molecule has 0 aromatic rings. The number of piperidine rings is 1. The molecule has 4 heteroatoms. The van der Waals surface area contributed by atoms with Gasteiger partial charge in [0.2, 0.25) is 5.91 Å². The predicted octanol–water partition coefficient (Wildman–Crippen LogP) is 1.79. The van der Waals surface area contributed by atoms with Crippen LogP contribution in [0.25, 0.3) is 0 Å². The highest BCUT2D eigenvalue weighted by Gasteiger charge is 2.20. The molecule has 4 nitrogen and oxygen atoms in total. The molecule has 0 bridgehead atoms. The minimum atomic E-state index is 0.237. The first-order chi connectivity index (χ1) is 9.25. The molecule has 1 heterocycles. The molecule has 0 unspecified atom stereocenters. The van der Waals surface area contributed by atoms with Crippen LogP contribution in [0.5, 0.6) is 0 Å². The van der Waals surface area contributed by atoms with E-state index in [9.17, 15) is 4.79 Å². The summed E-state index contributed by atoms with van der Waals surface area (Å²) < 4.78 is 5.79. The van der Waals surface area contributed by atoms with E-state index in [0.717, 1.165) is 38.4 Å². The number of amides is 1. The number of hydrogen-bond acceptors (Lipinski definition) is 3. The smallest absolute Gasteiger partial charge is 0.224 e. The molecule has 1 saturated carbocycles. The van der Waals surface area contributed by atoms with Crippen molar-refractivity contribution in [1.29, 1.82) is 0 Å². The van der Waals surface area contributed by atoms with Crippen LogP contribution in [0.15, 0.2) is 0 Å². The first kappa shape index (κ1) is 14.8. The van der Waals surface area contributed by atoms with Gasteiger partial charge in [0.05, 0.1) is 19.1 Å². The van der Waals surface area contributed by atoms with E-state index in [0.29, 0.717) is 19.1 Å². The highest BCUT2D eigenvalue weighted by molar-refractivity contribution is 5.75. The Morgan fingerprint density at radius 2 is 1.89 bits per heavy atom.